The van der Waals surface area contributed by atoms with E-state index in [1.54, 1.807) is 4.90 Å². The molecule has 43 heavy (non-hydrogen) atoms. The number of urea groups is 1. The van der Waals surface area contributed by atoms with Crippen LogP contribution in [0.1, 0.15) is 23.6 Å². The lowest BCUT2D eigenvalue weighted by Gasteiger charge is -2.21. The summed E-state index contributed by atoms with van der Waals surface area (Å²) >= 11 is 1.25. The smallest absolute Gasteiger partial charge is 0.406 e. The Morgan fingerprint density at radius 1 is 1.09 bits per heavy atom. The molecule has 3 amide bonds. The molecule has 5 rings (SSSR count). The molecule has 0 atom stereocenters. The van der Waals surface area contributed by atoms with E-state index in [1.807, 2.05) is 56.3 Å². The summed E-state index contributed by atoms with van der Waals surface area (Å²) in [5.74, 6) is 0.248. The van der Waals surface area contributed by atoms with Gasteiger partial charge in [-0.25, -0.2) is 14.5 Å². The van der Waals surface area contributed by atoms with E-state index in [4.69, 9.17) is 0 Å². The lowest BCUT2D eigenvalue weighted by Crippen LogP contribution is -2.33. The molecule has 1 aromatic heterocycles. The van der Waals surface area contributed by atoms with E-state index < -0.39 is 12.4 Å². The number of aryl methyl sites for hydroxylation is 2. The van der Waals surface area contributed by atoms with E-state index in [-0.39, 0.29) is 17.4 Å². The van der Waals surface area contributed by atoms with Crippen LogP contribution in [-0.2, 0) is 17.6 Å². The summed E-state index contributed by atoms with van der Waals surface area (Å²) in [6, 6.07) is 18.2. The fourth-order valence-corrected chi connectivity index (χ4v) is 5.42. The number of amidine groups is 1. The summed E-state index contributed by atoms with van der Waals surface area (Å²) in [7, 11) is 0. The van der Waals surface area contributed by atoms with Gasteiger partial charge in [-0.2, -0.15) is 4.99 Å². The van der Waals surface area contributed by atoms with Crippen LogP contribution in [0.3, 0.4) is 0 Å². The van der Waals surface area contributed by atoms with Crippen molar-refractivity contribution in [3.63, 3.8) is 0 Å². The Balaban J connectivity index is 1.17. The Morgan fingerprint density at radius 3 is 2.53 bits per heavy atom. The molecule has 0 spiro atoms. The van der Waals surface area contributed by atoms with Crippen LogP contribution in [0.2, 0.25) is 0 Å². The minimum atomic E-state index is -4.76. The van der Waals surface area contributed by atoms with Gasteiger partial charge in [0.25, 0.3) is 0 Å². The molecule has 9 nitrogen and oxygen atoms in total. The Kier molecular flexibility index (Phi) is 8.81. The van der Waals surface area contributed by atoms with Crippen LogP contribution in [0.5, 0.6) is 5.75 Å². The van der Waals surface area contributed by atoms with Crippen molar-refractivity contribution in [2.45, 2.75) is 33.1 Å². The van der Waals surface area contributed by atoms with Crippen LogP contribution < -0.4 is 15.0 Å². The van der Waals surface area contributed by atoms with Crippen molar-refractivity contribution in [1.82, 2.24) is 20.1 Å². The van der Waals surface area contributed by atoms with E-state index in [0.717, 1.165) is 34.4 Å². The summed E-state index contributed by atoms with van der Waals surface area (Å²) in [6.07, 6.45) is -1.98. The van der Waals surface area contributed by atoms with Gasteiger partial charge in [0.1, 0.15) is 12.1 Å². The number of anilines is 1. The molecule has 0 radical (unpaired) electrons. The van der Waals surface area contributed by atoms with Gasteiger partial charge >= 0.3 is 12.4 Å². The van der Waals surface area contributed by atoms with Gasteiger partial charge in [-0.3, -0.25) is 9.69 Å². The second kappa shape index (κ2) is 12.7. The predicted octanol–water partition coefficient (Wildman–Crippen LogP) is 6.09. The van der Waals surface area contributed by atoms with Gasteiger partial charge in [-0.15, -0.1) is 18.3 Å². The standard InChI is InChI=1S/C30H27F3N6O3S/c1-3-21-6-4-5-19(2)26(21)39-25(40)17-43-29(39)36-28(41)34-16-15-20-7-9-22(10-8-20)27-35-18-38(37-27)23-11-13-24(14-12-23)42-30(31,32)33/h4-14,18H,3,15-17H2,1-2H3,(H,34,41). The number of nitrogens with zero attached hydrogens (tertiary/aromatic N) is 5. The lowest BCUT2D eigenvalue weighted by molar-refractivity contribution is -0.274. The molecule has 2 heterocycles. The number of hydrogen-bond acceptors (Lipinski definition) is 6. The van der Waals surface area contributed by atoms with E-state index in [9.17, 15) is 22.8 Å². The second-order valence-electron chi connectivity index (χ2n) is 9.58. The average molecular weight is 609 g/mol. The number of aliphatic imine (C=N–C) groups is 1. The van der Waals surface area contributed by atoms with E-state index in [1.165, 1.54) is 47.0 Å². The molecular formula is C30H27F3N6O3S. The number of carbonyl (C=O) groups is 2. The van der Waals surface area contributed by atoms with Crippen molar-refractivity contribution >= 4 is 34.6 Å². The number of rotatable bonds is 8. The first-order valence-corrected chi connectivity index (χ1v) is 14.4. The third-order valence-electron chi connectivity index (χ3n) is 6.62. The molecule has 4 aromatic rings. The molecule has 1 aliphatic rings. The van der Waals surface area contributed by atoms with Crippen molar-refractivity contribution < 1.29 is 27.5 Å². The summed E-state index contributed by atoms with van der Waals surface area (Å²) in [6.45, 7) is 4.31. The maximum absolute atomic E-state index is 12.7. The normalized spacial score (nSPS) is 14.4. The van der Waals surface area contributed by atoms with Crippen molar-refractivity contribution in [3.8, 4) is 22.8 Å². The van der Waals surface area contributed by atoms with Crippen molar-refractivity contribution in [3.05, 3.63) is 89.7 Å². The van der Waals surface area contributed by atoms with Crippen LogP contribution in [0.15, 0.2) is 78.0 Å². The van der Waals surface area contributed by atoms with Crippen molar-refractivity contribution in [2.75, 3.05) is 17.2 Å². The minimum absolute atomic E-state index is 0.103. The quantitative estimate of drug-likeness (QED) is 0.260. The molecule has 1 N–H and O–H groups in total. The largest absolute Gasteiger partial charge is 0.573 e. The topological polar surface area (TPSA) is 102 Å². The molecule has 13 heteroatoms. The fraction of sp³-hybridized carbons (Fsp3) is 0.233. The number of halogens is 3. The molecule has 0 unspecified atom stereocenters. The van der Waals surface area contributed by atoms with Crippen LogP contribution >= 0.6 is 11.8 Å². The first kappa shape index (κ1) is 29.8. The molecule has 0 aliphatic carbocycles. The Hall–Kier alpha value is -4.65. The van der Waals surface area contributed by atoms with Crippen molar-refractivity contribution in [1.29, 1.82) is 0 Å². The molecule has 0 bridgehead atoms. The summed E-state index contributed by atoms with van der Waals surface area (Å²) in [5, 5.41) is 7.57. The van der Waals surface area contributed by atoms with E-state index in [2.05, 4.69) is 25.1 Å². The Bertz CT molecular complexity index is 1650. The Morgan fingerprint density at radius 2 is 1.84 bits per heavy atom. The Labute approximate surface area is 249 Å². The summed E-state index contributed by atoms with van der Waals surface area (Å²) in [4.78, 5) is 35.3. The molecule has 0 saturated carbocycles. The number of benzene rings is 3. The number of thioether (sulfide) groups is 1. The number of carbonyl (C=O) groups excluding carboxylic acids is 2. The van der Waals surface area contributed by atoms with Gasteiger partial charge in [0, 0.05) is 12.1 Å². The molecule has 1 fully saturated rings. The van der Waals surface area contributed by atoms with Gasteiger partial charge in [-0.05, 0) is 60.7 Å². The number of nitrogens with one attached hydrogen (secondary N) is 1. The van der Waals surface area contributed by atoms with Crippen LogP contribution in [-0.4, -0.2) is 50.5 Å². The lowest BCUT2D eigenvalue weighted by atomic mass is 10.0. The van der Waals surface area contributed by atoms with Crippen molar-refractivity contribution in [2.24, 2.45) is 4.99 Å². The van der Waals surface area contributed by atoms with E-state index >= 15 is 0 Å². The predicted molar refractivity (Wildman–Crippen MR) is 159 cm³/mol. The maximum Gasteiger partial charge on any atom is 0.573 e. The zero-order valence-corrected chi connectivity index (χ0v) is 24.1. The summed E-state index contributed by atoms with van der Waals surface area (Å²) in [5.41, 5.74) is 5.00. The number of amides is 3. The number of hydrogen-bond donors (Lipinski definition) is 1. The minimum Gasteiger partial charge on any atom is -0.406 e. The first-order chi connectivity index (χ1) is 20.6. The second-order valence-corrected chi connectivity index (χ2v) is 10.5. The van der Waals surface area contributed by atoms with Gasteiger partial charge in [-0.1, -0.05) is 61.2 Å². The number of alkyl halides is 3. The van der Waals surface area contributed by atoms with E-state index in [0.29, 0.717) is 29.6 Å². The molecule has 222 valence electrons. The van der Waals surface area contributed by atoms with Crippen LogP contribution in [0.4, 0.5) is 23.7 Å². The molecule has 3 aromatic carbocycles. The number of aromatic nitrogens is 3. The maximum atomic E-state index is 12.7. The molecule has 1 aliphatic heterocycles. The summed E-state index contributed by atoms with van der Waals surface area (Å²) < 4.78 is 42.5. The number of para-hydroxylation sites is 1. The zero-order valence-electron chi connectivity index (χ0n) is 23.3. The van der Waals surface area contributed by atoms with Crippen LogP contribution in [0, 0.1) is 6.92 Å². The molecule has 1 saturated heterocycles. The van der Waals surface area contributed by atoms with Gasteiger partial charge in [0.15, 0.2) is 11.0 Å². The third kappa shape index (κ3) is 7.23. The number of ether oxygens (including phenoxy) is 1. The zero-order chi connectivity index (χ0) is 30.6. The molecular weight excluding hydrogens is 581 g/mol. The average Bonchev–Trinajstić information content (AvgIpc) is 3.60. The van der Waals surface area contributed by atoms with Gasteiger partial charge in [0.2, 0.25) is 5.91 Å². The highest BCUT2D eigenvalue weighted by atomic mass is 32.2. The SMILES string of the molecule is CCc1cccc(C)c1N1C(=O)CSC1=NC(=O)NCCc1ccc(-c2ncn(-c3ccc(OC(F)(F)F)cc3)n2)cc1. The van der Waals surface area contributed by atoms with Gasteiger partial charge < -0.3 is 10.1 Å². The highest BCUT2D eigenvalue weighted by Crippen LogP contribution is 2.33. The highest BCUT2D eigenvalue weighted by Gasteiger charge is 2.33. The fourth-order valence-electron chi connectivity index (χ4n) is 4.57. The highest BCUT2D eigenvalue weighted by molar-refractivity contribution is 8.15. The van der Waals surface area contributed by atoms with Gasteiger partial charge in [0.05, 0.1) is 17.1 Å². The first-order valence-electron chi connectivity index (χ1n) is 13.4. The third-order valence-corrected chi connectivity index (χ3v) is 7.54. The van der Waals surface area contributed by atoms with Crippen LogP contribution in [0.25, 0.3) is 17.1 Å². The monoisotopic (exact) mass is 608 g/mol.